The molecule has 2 N–H and O–H groups in total. The lowest BCUT2D eigenvalue weighted by atomic mass is 10.0. The van der Waals surface area contributed by atoms with Gasteiger partial charge in [-0.25, -0.2) is 4.98 Å². The summed E-state index contributed by atoms with van der Waals surface area (Å²) in [5.41, 5.74) is 10.2. The van der Waals surface area contributed by atoms with Crippen LogP contribution in [-0.4, -0.2) is 4.98 Å². The summed E-state index contributed by atoms with van der Waals surface area (Å²) < 4.78 is 0. The minimum Gasteiger partial charge on any atom is -0.398 e. The van der Waals surface area contributed by atoms with Crippen molar-refractivity contribution < 1.29 is 0 Å². The predicted molar refractivity (Wildman–Crippen MR) is 73.0 cm³/mol. The molecule has 0 spiro atoms. The van der Waals surface area contributed by atoms with Crippen LogP contribution in [0.1, 0.15) is 12.5 Å². The van der Waals surface area contributed by atoms with Crippen molar-refractivity contribution in [1.82, 2.24) is 4.98 Å². The van der Waals surface area contributed by atoms with Crippen LogP contribution < -0.4 is 5.73 Å². The van der Waals surface area contributed by atoms with Crippen LogP contribution in [0.25, 0.3) is 21.8 Å². The third-order valence-corrected chi connectivity index (χ3v) is 3.21. The molecule has 0 unspecified atom stereocenters. The first-order valence-corrected chi connectivity index (χ1v) is 5.86. The molecule has 0 aliphatic rings. The highest BCUT2D eigenvalue weighted by Crippen LogP contribution is 2.27. The summed E-state index contributed by atoms with van der Waals surface area (Å²) in [6.07, 6.45) is 0.953. The molecular weight excluding hydrogens is 208 g/mol. The normalized spacial score (nSPS) is 11.1. The van der Waals surface area contributed by atoms with Gasteiger partial charge in [-0.15, -0.1) is 0 Å². The van der Waals surface area contributed by atoms with E-state index in [1.54, 1.807) is 0 Å². The van der Waals surface area contributed by atoms with E-state index in [0.29, 0.717) is 0 Å². The van der Waals surface area contributed by atoms with Crippen molar-refractivity contribution in [2.75, 3.05) is 5.73 Å². The van der Waals surface area contributed by atoms with E-state index in [-0.39, 0.29) is 0 Å². The highest BCUT2D eigenvalue weighted by molar-refractivity contribution is 5.99. The molecule has 1 heterocycles. The first-order valence-electron chi connectivity index (χ1n) is 5.86. The molecule has 2 aromatic carbocycles. The Balaban J connectivity index is 2.44. The van der Waals surface area contributed by atoms with Gasteiger partial charge in [0.1, 0.15) is 0 Å². The number of hydrogen-bond acceptors (Lipinski definition) is 2. The number of pyridine rings is 1. The second kappa shape index (κ2) is 3.74. The highest BCUT2D eigenvalue weighted by atomic mass is 14.7. The van der Waals surface area contributed by atoms with Crippen LogP contribution in [0.2, 0.25) is 0 Å². The van der Waals surface area contributed by atoms with E-state index in [9.17, 15) is 0 Å². The maximum atomic E-state index is 6.18. The van der Waals surface area contributed by atoms with Crippen molar-refractivity contribution in [1.29, 1.82) is 0 Å². The largest absolute Gasteiger partial charge is 0.398 e. The van der Waals surface area contributed by atoms with Crippen molar-refractivity contribution in [2.24, 2.45) is 0 Å². The molecule has 0 bridgehead atoms. The number of nitrogens with two attached hydrogens (primary N) is 1. The Morgan fingerprint density at radius 1 is 1.06 bits per heavy atom. The van der Waals surface area contributed by atoms with E-state index in [4.69, 9.17) is 5.73 Å². The van der Waals surface area contributed by atoms with Crippen LogP contribution in [0.5, 0.6) is 0 Å². The monoisotopic (exact) mass is 222 g/mol. The van der Waals surface area contributed by atoms with Crippen LogP contribution in [0.4, 0.5) is 5.69 Å². The van der Waals surface area contributed by atoms with Gasteiger partial charge >= 0.3 is 0 Å². The molecule has 0 saturated carbocycles. The fourth-order valence-corrected chi connectivity index (χ4v) is 2.22. The molecule has 84 valence electrons. The lowest BCUT2D eigenvalue weighted by Gasteiger charge is -2.08. The molecule has 0 saturated heterocycles. The van der Waals surface area contributed by atoms with Gasteiger partial charge in [-0.05, 0) is 30.2 Å². The molecule has 17 heavy (non-hydrogen) atoms. The van der Waals surface area contributed by atoms with Crippen LogP contribution in [0, 0.1) is 0 Å². The maximum absolute atomic E-state index is 6.18. The van der Waals surface area contributed by atoms with Crippen molar-refractivity contribution in [3.05, 3.63) is 48.0 Å². The number of anilines is 1. The van der Waals surface area contributed by atoms with E-state index in [2.05, 4.69) is 36.2 Å². The summed E-state index contributed by atoms with van der Waals surface area (Å²) in [5.74, 6) is 0. The maximum Gasteiger partial charge on any atom is 0.0730 e. The molecule has 0 amide bonds. The molecule has 0 radical (unpaired) electrons. The second-order valence-corrected chi connectivity index (χ2v) is 4.24. The average molecular weight is 222 g/mol. The van der Waals surface area contributed by atoms with Crippen molar-refractivity contribution in [2.45, 2.75) is 13.3 Å². The first kappa shape index (κ1) is 10.1. The van der Waals surface area contributed by atoms with Gasteiger partial charge in [0, 0.05) is 16.5 Å². The quantitative estimate of drug-likeness (QED) is 0.505. The van der Waals surface area contributed by atoms with Crippen molar-refractivity contribution in [3.63, 3.8) is 0 Å². The molecule has 2 heteroatoms. The zero-order chi connectivity index (χ0) is 11.8. The number of para-hydroxylation sites is 1. The molecule has 0 aliphatic heterocycles. The Kier molecular flexibility index (Phi) is 2.22. The van der Waals surface area contributed by atoms with Crippen molar-refractivity contribution in [3.8, 4) is 0 Å². The molecule has 0 fully saturated rings. The molecule has 1 aromatic heterocycles. The van der Waals surface area contributed by atoms with Gasteiger partial charge in [0.2, 0.25) is 0 Å². The number of fused-ring (bicyclic) bond motifs is 2. The number of rotatable bonds is 1. The summed E-state index contributed by atoms with van der Waals surface area (Å²) in [4.78, 5) is 4.63. The van der Waals surface area contributed by atoms with Gasteiger partial charge < -0.3 is 5.73 Å². The van der Waals surface area contributed by atoms with Gasteiger partial charge in [-0.3, -0.25) is 0 Å². The fourth-order valence-electron chi connectivity index (χ4n) is 2.22. The number of nitrogens with zero attached hydrogens (tertiary/aromatic N) is 1. The fraction of sp³-hybridized carbons (Fsp3) is 0.133. The lowest BCUT2D eigenvalue weighted by molar-refractivity contribution is 1.15. The molecule has 3 rings (SSSR count). The minimum atomic E-state index is 0.864. The number of aryl methyl sites for hydroxylation is 1. The summed E-state index contributed by atoms with van der Waals surface area (Å²) in [6.45, 7) is 2.12. The van der Waals surface area contributed by atoms with Gasteiger partial charge in [-0.1, -0.05) is 31.2 Å². The zero-order valence-electron chi connectivity index (χ0n) is 9.77. The average Bonchev–Trinajstić information content (AvgIpc) is 2.37. The summed E-state index contributed by atoms with van der Waals surface area (Å²) in [5, 5.41) is 2.20. The molecule has 3 aromatic rings. The topological polar surface area (TPSA) is 38.9 Å². The van der Waals surface area contributed by atoms with E-state index >= 15 is 0 Å². The Labute approximate surface area is 100 Å². The zero-order valence-corrected chi connectivity index (χ0v) is 9.77. The number of nitrogen functional groups attached to an aromatic ring is 1. The van der Waals surface area contributed by atoms with Gasteiger partial charge in [-0.2, -0.15) is 0 Å². The highest BCUT2D eigenvalue weighted by Gasteiger charge is 2.05. The standard InChI is InChI=1S/C15H14N2/c1-2-10-7-8-14-12(15(10)16)9-11-5-3-4-6-13(11)17-14/h3-9H,2,16H2,1H3. The molecule has 2 nitrogen and oxygen atoms in total. The number of aromatic nitrogens is 1. The van der Waals surface area contributed by atoms with Crippen LogP contribution in [0.15, 0.2) is 42.5 Å². The SMILES string of the molecule is CCc1ccc2nc3ccccc3cc2c1N. The van der Waals surface area contributed by atoms with E-state index < -0.39 is 0 Å². The van der Waals surface area contributed by atoms with Gasteiger partial charge in [0.15, 0.2) is 0 Å². The minimum absolute atomic E-state index is 0.864. The van der Waals surface area contributed by atoms with Crippen LogP contribution in [-0.2, 0) is 6.42 Å². The van der Waals surface area contributed by atoms with Crippen LogP contribution >= 0.6 is 0 Å². The van der Waals surface area contributed by atoms with Gasteiger partial charge in [0.05, 0.1) is 11.0 Å². The summed E-state index contributed by atoms with van der Waals surface area (Å²) >= 11 is 0. The Morgan fingerprint density at radius 2 is 1.88 bits per heavy atom. The Morgan fingerprint density at radius 3 is 2.71 bits per heavy atom. The Bertz CT molecular complexity index is 702. The molecular formula is C15H14N2. The Hall–Kier alpha value is -2.09. The number of hydrogen-bond donors (Lipinski definition) is 1. The smallest absolute Gasteiger partial charge is 0.0730 e. The summed E-state index contributed by atoms with van der Waals surface area (Å²) in [6, 6.07) is 14.4. The molecule has 0 aliphatic carbocycles. The van der Waals surface area contributed by atoms with Crippen molar-refractivity contribution >= 4 is 27.5 Å². The predicted octanol–water partition coefficient (Wildman–Crippen LogP) is 3.53. The molecule has 0 atom stereocenters. The number of benzene rings is 2. The lowest BCUT2D eigenvalue weighted by Crippen LogP contribution is -1.95. The second-order valence-electron chi connectivity index (χ2n) is 4.24. The van der Waals surface area contributed by atoms with E-state index in [0.717, 1.165) is 33.9 Å². The van der Waals surface area contributed by atoms with Crippen LogP contribution in [0.3, 0.4) is 0 Å². The third-order valence-electron chi connectivity index (χ3n) is 3.21. The first-order chi connectivity index (χ1) is 8.29. The van der Waals surface area contributed by atoms with E-state index in [1.807, 2.05) is 18.2 Å². The third kappa shape index (κ3) is 1.53. The van der Waals surface area contributed by atoms with E-state index in [1.165, 1.54) is 5.56 Å². The van der Waals surface area contributed by atoms with Gasteiger partial charge in [0.25, 0.3) is 0 Å². The summed E-state index contributed by atoms with van der Waals surface area (Å²) in [7, 11) is 0.